The van der Waals surface area contributed by atoms with Crippen LogP contribution in [0.15, 0.2) is 0 Å². The summed E-state index contributed by atoms with van der Waals surface area (Å²) in [5.41, 5.74) is 0. The molecule has 0 spiro atoms. The Morgan fingerprint density at radius 2 is 0.755 bits per heavy atom. The maximum absolute atomic E-state index is 13.0. The summed E-state index contributed by atoms with van der Waals surface area (Å²) in [7, 11) is 0. The fraction of sp³-hybridized carbons (Fsp3) is 0.959. The van der Waals surface area contributed by atoms with E-state index >= 15 is 0 Å². The van der Waals surface area contributed by atoms with Crippen molar-refractivity contribution in [3.63, 3.8) is 0 Å². The standard InChI is InChI=1S/C49H97NO3/c1-6-11-16-20-22-29-37-46(36-28-18-13-8-3)45-47(51)38-30-24-26-34-43-50(42-15-10-5)44-35-27-25-33-41-49(52)53-48(39-31-19-14-9-4)40-32-23-21-17-12-7-2/h46,48H,6-45H2,1-5H3. The second-order valence-corrected chi connectivity index (χ2v) is 17.1. The predicted molar refractivity (Wildman–Crippen MR) is 234 cm³/mol. The van der Waals surface area contributed by atoms with Crippen molar-refractivity contribution in [2.24, 2.45) is 5.92 Å². The molecule has 0 aromatic carbocycles. The summed E-state index contributed by atoms with van der Waals surface area (Å²) < 4.78 is 6.03. The van der Waals surface area contributed by atoms with Gasteiger partial charge in [0, 0.05) is 19.3 Å². The van der Waals surface area contributed by atoms with E-state index in [1.807, 2.05) is 0 Å². The Kier molecular flexibility index (Phi) is 41.5. The van der Waals surface area contributed by atoms with Crippen molar-refractivity contribution in [2.75, 3.05) is 19.6 Å². The minimum absolute atomic E-state index is 0.0399. The van der Waals surface area contributed by atoms with Crippen LogP contribution in [0.3, 0.4) is 0 Å². The molecule has 0 radical (unpaired) electrons. The first-order valence-corrected chi connectivity index (χ1v) is 24.4. The maximum Gasteiger partial charge on any atom is 0.306 e. The first-order chi connectivity index (χ1) is 26.0. The van der Waals surface area contributed by atoms with Gasteiger partial charge in [-0.1, -0.05) is 195 Å². The second kappa shape index (κ2) is 42.2. The van der Waals surface area contributed by atoms with Crippen molar-refractivity contribution < 1.29 is 14.3 Å². The van der Waals surface area contributed by atoms with Crippen LogP contribution in [-0.2, 0) is 14.3 Å². The Balaban J connectivity index is 4.30. The van der Waals surface area contributed by atoms with Gasteiger partial charge in [-0.25, -0.2) is 0 Å². The number of ketones is 1. The van der Waals surface area contributed by atoms with E-state index in [4.69, 9.17) is 4.74 Å². The Morgan fingerprint density at radius 3 is 1.25 bits per heavy atom. The smallest absolute Gasteiger partial charge is 0.306 e. The van der Waals surface area contributed by atoms with Crippen LogP contribution in [0, 0.1) is 5.92 Å². The zero-order valence-electron chi connectivity index (χ0n) is 37.1. The summed E-state index contributed by atoms with van der Waals surface area (Å²) in [5, 5.41) is 0. The molecule has 2 unspecified atom stereocenters. The summed E-state index contributed by atoms with van der Waals surface area (Å²) >= 11 is 0. The summed E-state index contributed by atoms with van der Waals surface area (Å²) in [6, 6.07) is 0. The third kappa shape index (κ3) is 37.8. The fourth-order valence-corrected chi connectivity index (χ4v) is 7.99. The molecule has 0 aromatic heterocycles. The van der Waals surface area contributed by atoms with Crippen LogP contribution in [0.1, 0.15) is 272 Å². The molecule has 0 aliphatic heterocycles. The molecule has 53 heavy (non-hydrogen) atoms. The number of rotatable bonds is 44. The molecule has 0 heterocycles. The number of carbonyl (C=O) groups is 2. The SMILES string of the molecule is CCCCCCCCC(CCCCCC)CC(=O)CCCCCCN(CCCC)CCCCCCC(=O)OC(CCCCCC)CCCCCCCC. The van der Waals surface area contributed by atoms with Crippen molar-refractivity contribution >= 4 is 11.8 Å². The predicted octanol–water partition coefficient (Wildman–Crippen LogP) is 15.9. The Hall–Kier alpha value is -0.900. The lowest BCUT2D eigenvalue weighted by atomic mass is 9.89. The lowest BCUT2D eigenvalue weighted by molar-refractivity contribution is -0.150. The van der Waals surface area contributed by atoms with Gasteiger partial charge in [-0.3, -0.25) is 9.59 Å². The largest absolute Gasteiger partial charge is 0.462 e. The van der Waals surface area contributed by atoms with Gasteiger partial charge in [-0.05, 0) is 83.3 Å². The van der Waals surface area contributed by atoms with Gasteiger partial charge in [-0.2, -0.15) is 0 Å². The van der Waals surface area contributed by atoms with E-state index in [9.17, 15) is 9.59 Å². The van der Waals surface area contributed by atoms with Crippen molar-refractivity contribution in [1.29, 1.82) is 0 Å². The van der Waals surface area contributed by atoms with E-state index in [1.165, 1.54) is 206 Å². The highest BCUT2D eigenvalue weighted by atomic mass is 16.5. The molecule has 0 N–H and O–H groups in total. The van der Waals surface area contributed by atoms with Gasteiger partial charge in [-0.15, -0.1) is 0 Å². The molecule has 2 atom stereocenters. The number of unbranched alkanes of at least 4 members (excludes halogenated alkanes) is 23. The molecule has 0 saturated carbocycles. The number of hydrogen-bond acceptors (Lipinski definition) is 4. The number of nitrogens with zero attached hydrogens (tertiary/aromatic N) is 1. The average molecular weight is 748 g/mol. The molecule has 0 saturated heterocycles. The van der Waals surface area contributed by atoms with E-state index in [-0.39, 0.29) is 12.1 Å². The molecule has 4 nitrogen and oxygen atoms in total. The molecule has 316 valence electrons. The highest BCUT2D eigenvalue weighted by Gasteiger charge is 2.15. The average Bonchev–Trinajstić information content (AvgIpc) is 3.15. The van der Waals surface area contributed by atoms with Gasteiger partial charge in [0.1, 0.15) is 11.9 Å². The lowest BCUT2D eigenvalue weighted by Crippen LogP contribution is -2.27. The molecule has 0 amide bonds. The molecule has 4 heteroatoms. The molecule has 0 aliphatic rings. The third-order valence-corrected chi connectivity index (χ3v) is 11.6. The quantitative estimate of drug-likeness (QED) is 0.0460. The zero-order chi connectivity index (χ0) is 38.9. The fourth-order valence-electron chi connectivity index (χ4n) is 7.99. The van der Waals surface area contributed by atoms with Crippen LogP contribution in [0.5, 0.6) is 0 Å². The van der Waals surface area contributed by atoms with Crippen molar-refractivity contribution in [1.82, 2.24) is 4.90 Å². The first-order valence-electron chi connectivity index (χ1n) is 24.4. The minimum atomic E-state index is 0.0399. The first kappa shape index (κ1) is 52.1. The molecule has 0 aromatic rings. The molecular formula is C49H97NO3. The molecule has 0 bridgehead atoms. The van der Waals surface area contributed by atoms with E-state index < -0.39 is 0 Å². The zero-order valence-corrected chi connectivity index (χ0v) is 37.1. The van der Waals surface area contributed by atoms with Gasteiger partial charge in [0.2, 0.25) is 0 Å². The Bertz CT molecular complexity index is 696. The minimum Gasteiger partial charge on any atom is -0.462 e. The van der Waals surface area contributed by atoms with Crippen LogP contribution in [0.25, 0.3) is 0 Å². The Labute approximate surface area is 333 Å². The van der Waals surface area contributed by atoms with Crippen LogP contribution in [0.2, 0.25) is 0 Å². The van der Waals surface area contributed by atoms with Crippen molar-refractivity contribution in [2.45, 2.75) is 278 Å². The third-order valence-electron chi connectivity index (χ3n) is 11.6. The van der Waals surface area contributed by atoms with E-state index in [0.29, 0.717) is 18.1 Å². The van der Waals surface area contributed by atoms with Crippen LogP contribution in [0.4, 0.5) is 0 Å². The topological polar surface area (TPSA) is 46.6 Å². The van der Waals surface area contributed by atoms with Gasteiger partial charge < -0.3 is 9.64 Å². The highest BCUT2D eigenvalue weighted by Crippen LogP contribution is 2.24. The molecular weight excluding hydrogens is 651 g/mol. The summed E-state index contributed by atoms with van der Waals surface area (Å²) in [6.45, 7) is 15.0. The number of esters is 1. The lowest BCUT2D eigenvalue weighted by Gasteiger charge is -2.22. The normalized spacial score (nSPS) is 12.8. The number of Topliss-reactive ketones (excluding diaryl/α,β-unsaturated/α-hetero) is 1. The Morgan fingerprint density at radius 1 is 0.396 bits per heavy atom. The van der Waals surface area contributed by atoms with Crippen LogP contribution in [-0.4, -0.2) is 42.4 Å². The highest BCUT2D eigenvalue weighted by molar-refractivity contribution is 5.78. The van der Waals surface area contributed by atoms with Crippen LogP contribution >= 0.6 is 0 Å². The molecule has 0 fully saturated rings. The molecule has 0 aliphatic carbocycles. The summed E-state index contributed by atoms with van der Waals surface area (Å²) in [4.78, 5) is 28.4. The van der Waals surface area contributed by atoms with Crippen molar-refractivity contribution in [3.8, 4) is 0 Å². The second-order valence-electron chi connectivity index (χ2n) is 17.1. The number of ether oxygens (including phenoxy) is 1. The van der Waals surface area contributed by atoms with Gasteiger partial charge in [0.05, 0.1) is 0 Å². The van der Waals surface area contributed by atoms with Crippen LogP contribution < -0.4 is 0 Å². The summed E-state index contributed by atoms with van der Waals surface area (Å²) in [6.07, 6.45) is 44.9. The van der Waals surface area contributed by atoms with E-state index in [1.54, 1.807) is 0 Å². The summed E-state index contributed by atoms with van der Waals surface area (Å²) in [5.74, 6) is 1.20. The monoisotopic (exact) mass is 748 g/mol. The number of carbonyl (C=O) groups excluding carboxylic acids is 2. The van der Waals surface area contributed by atoms with Gasteiger partial charge >= 0.3 is 5.97 Å². The maximum atomic E-state index is 13.0. The van der Waals surface area contributed by atoms with E-state index in [2.05, 4.69) is 39.5 Å². The molecule has 0 rings (SSSR count). The van der Waals surface area contributed by atoms with Gasteiger partial charge in [0.15, 0.2) is 0 Å². The van der Waals surface area contributed by atoms with E-state index in [0.717, 1.165) is 44.9 Å². The van der Waals surface area contributed by atoms with Crippen molar-refractivity contribution in [3.05, 3.63) is 0 Å². The van der Waals surface area contributed by atoms with Gasteiger partial charge in [0.25, 0.3) is 0 Å². The number of hydrogen-bond donors (Lipinski definition) is 0.